The summed E-state index contributed by atoms with van der Waals surface area (Å²) >= 11 is 0. The van der Waals surface area contributed by atoms with Crippen molar-refractivity contribution in [3.05, 3.63) is 46.4 Å². The highest BCUT2D eigenvalue weighted by Crippen LogP contribution is 2.20. The van der Waals surface area contributed by atoms with Gasteiger partial charge in [0, 0.05) is 18.1 Å². The van der Waals surface area contributed by atoms with Crippen LogP contribution in [-0.4, -0.2) is 17.7 Å². The number of nitrogens with one attached hydrogen (secondary N) is 1. The first-order valence-corrected chi connectivity index (χ1v) is 7.99. The van der Waals surface area contributed by atoms with Gasteiger partial charge in [0.05, 0.1) is 0 Å². The number of hydrogen-bond donors (Lipinski definition) is 1. The first-order valence-electron chi connectivity index (χ1n) is 7.99. The van der Waals surface area contributed by atoms with Gasteiger partial charge in [-0.15, -0.1) is 0 Å². The molecule has 0 spiro atoms. The minimum Gasteiger partial charge on any atom is -0.317 e. The van der Waals surface area contributed by atoms with E-state index >= 15 is 0 Å². The van der Waals surface area contributed by atoms with Crippen molar-refractivity contribution in [2.75, 3.05) is 13.1 Å². The number of pyridine rings is 1. The molecule has 0 amide bonds. The van der Waals surface area contributed by atoms with Crippen LogP contribution >= 0.6 is 0 Å². The van der Waals surface area contributed by atoms with Crippen LogP contribution in [0, 0.1) is 5.92 Å². The summed E-state index contributed by atoms with van der Waals surface area (Å²) in [6, 6.07) is 8.31. The van der Waals surface area contributed by atoms with Gasteiger partial charge in [0.15, 0.2) is 0 Å². The van der Waals surface area contributed by atoms with Crippen molar-refractivity contribution in [2.45, 2.75) is 39.2 Å². The van der Waals surface area contributed by atoms with Crippen molar-refractivity contribution >= 4 is 10.8 Å². The van der Waals surface area contributed by atoms with E-state index in [2.05, 4.69) is 37.4 Å². The molecule has 0 bridgehead atoms. The molecule has 1 saturated heterocycles. The van der Waals surface area contributed by atoms with Crippen molar-refractivity contribution in [3.63, 3.8) is 0 Å². The molecular formula is C18H24N2O. The molecule has 0 radical (unpaired) electrons. The summed E-state index contributed by atoms with van der Waals surface area (Å²) < 4.78 is 1.90. The normalized spacial score (nSPS) is 16.7. The van der Waals surface area contributed by atoms with Crippen molar-refractivity contribution in [3.8, 4) is 0 Å². The number of fused-ring (bicyclic) bond motifs is 1. The molecule has 2 heterocycles. The van der Waals surface area contributed by atoms with Crippen LogP contribution in [0.3, 0.4) is 0 Å². The van der Waals surface area contributed by atoms with Gasteiger partial charge in [-0.25, -0.2) is 0 Å². The van der Waals surface area contributed by atoms with Gasteiger partial charge in [-0.2, -0.15) is 0 Å². The molecule has 0 atom stereocenters. The minimum absolute atomic E-state index is 0.154. The largest absolute Gasteiger partial charge is 0.317 e. The van der Waals surface area contributed by atoms with E-state index in [4.69, 9.17) is 0 Å². The first kappa shape index (κ1) is 14.3. The highest BCUT2D eigenvalue weighted by molar-refractivity contribution is 5.82. The van der Waals surface area contributed by atoms with Crippen molar-refractivity contribution < 1.29 is 0 Å². The predicted molar refractivity (Wildman–Crippen MR) is 87.9 cm³/mol. The summed E-state index contributed by atoms with van der Waals surface area (Å²) in [6.07, 6.45) is 4.30. The van der Waals surface area contributed by atoms with Crippen LogP contribution in [0.1, 0.15) is 38.2 Å². The standard InChI is InChI=1S/C18H24N2O/c1-13(2)15-3-4-17-16(11-15)7-10-20(18(17)21)12-14-5-8-19-9-6-14/h3-4,7,10-11,13-14,19H,5-6,8-9,12H2,1-2H3. The zero-order chi connectivity index (χ0) is 14.8. The second kappa shape index (κ2) is 6.02. The van der Waals surface area contributed by atoms with Crippen LogP contribution in [-0.2, 0) is 6.54 Å². The number of benzene rings is 1. The molecule has 0 aliphatic carbocycles. The molecule has 1 N–H and O–H groups in total. The highest BCUT2D eigenvalue weighted by Gasteiger charge is 2.14. The predicted octanol–water partition coefficient (Wildman–Crippen LogP) is 3.12. The fourth-order valence-electron chi connectivity index (χ4n) is 3.15. The van der Waals surface area contributed by atoms with Crippen LogP contribution in [0.15, 0.2) is 35.3 Å². The molecule has 0 unspecified atom stereocenters. The van der Waals surface area contributed by atoms with Crippen LogP contribution in [0.5, 0.6) is 0 Å². The summed E-state index contributed by atoms with van der Waals surface area (Å²) in [5, 5.41) is 5.28. The monoisotopic (exact) mass is 284 g/mol. The van der Waals surface area contributed by atoms with Crippen molar-refractivity contribution in [2.24, 2.45) is 5.92 Å². The topological polar surface area (TPSA) is 34.0 Å². The molecule has 1 aromatic carbocycles. The van der Waals surface area contributed by atoms with Gasteiger partial charge in [0.25, 0.3) is 5.56 Å². The van der Waals surface area contributed by atoms with Gasteiger partial charge in [-0.3, -0.25) is 4.79 Å². The van der Waals surface area contributed by atoms with E-state index in [0.29, 0.717) is 11.8 Å². The molecular weight excluding hydrogens is 260 g/mol. The smallest absolute Gasteiger partial charge is 0.258 e. The Labute approximate surface area is 126 Å². The number of hydrogen-bond acceptors (Lipinski definition) is 2. The zero-order valence-corrected chi connectivity index (χ0v) is 12.9. The second-order valence-electron chi connectivity index (χ2n) is 6.47. The van der Waals surface area contributed by atoms with Gasteiger partial charge in [-0.05, 0) is 60.8 Å². The Morgan fingerprint density at radius 1 is 1.24 bits per heavy atom. The lowest BCUT2D eigenvalue weighted by Crippen LogP contribution is -2.32. The van der Waals surface area contributed by atoms with Crippen LogP contribution in [0.2, 0.25) is 0 Å². The summed E-state index contributed by atoms with van der Waals surface area (Å²) in [7, 11) is 0. The van der Waals surface area contributed by atoms with Gasteiger partial charge < -0.3 is 9.88 Å². The average molecular weight is 284 g/mol. The maximum Gasteiger partial charge on any atom is 0.258 e. The van der Waals surface area contributed by atoms with E-state index in [-0.39, 0.29) is 5.56 Å². The third-order valence-electron chi connectivity index (χ3n) is 4.58. The Hall–Kier alpha value is -1.61. The summed E-state index contributed by atoms with van der Waals surface area (Å²) in [5.41, 5.74) is 1.44. The van der Waals surface area contributed by atoms with Gasteiger partial charge >= 0.3 is 0 Å². The van der Waals surface area contributed by atoms with E-state index in [1.165, 1.54) is 5.56 Å². The third-order valence-corrected chi connectivity index (χ3v) is 4.58. The maximum absolute atomic E-state index is 12.6. The molecule has 2 aromatic rings. The lowest BCUT2D eigenvalue weighted by atomic mass is 9.97. The number of piperidine rings is 1. The Bertz CT molecular complexity index is 681. The Morgan fingerprint density at radius 3 is 2.71 bits per heavy atom. The molecule has 0 saturated carbocycles. The van der Waals surface area contributed by atoms with E-state index < -0.39 is 0 Å². The maximum atomic E-state index is 12.6. The molecule has 1 aliphatic heterocycles. The molecule has 3 heteroatoms. The fourth-order valence-corrected chi connectivity index (χ4v) is 3.15. The van der Waals surface area contributed by atoms with Gasteiger partial charge in [0.2, 0.25) is 0 Å². The summed E-state index contributed by atoms with van der Waals surface area (Å²) in [6.45, 7) is 7.36. The Kier molecular flexibility index (Phi) is 4.11. The lowest BCUT2D eigenvalue weighted by molar-refractivity contribution is 0.330. The van der Waals surface area contributed by atoms with E-state index in [0.717, 1.165) is 43.2 Å². The molecule has 21 heavy (non-hydrogen) atoms. The van der Waals surface area contributed by atoms with Crippen molar-refractivity contribution in [1.82, 2.24) is 9.88 Å². The summed E-state index contributed by atoms with van der Waals surface area (Å²) in [5.74, 6) is 1.11. The number of nitrogens with zero attached hydrogens (tertiary/aromatic N) is 1. The van der Waals surface area contributed by atoms with Crippen LogP contribution in [0.4, 0.5) is 0 Å². The quantitative estimate of drug-likeness (QED) is 0.939. The molecule has 3 nitrogen and oxygen atoms in total. The summed E-state index contributed by atoms with van der Waals surface area (Å²) in [4.78, 5) is 12.6. The Morgan fingerprint density at radius 2 is 2.00 bits per heavy atom. The SMILES string of the molecule is CC(C)c1ccc2c(=O)n(CC3CCNCC3)ccc2c1. The molecule has 1 aromatic heterocycles. The zero-order valence-electron chi connectivity index (χ0n) is 12.9. The van der Waals surface area contributed by atoms with Gasteiger partial charge in [0.1, 0.15) is 0 Å². The van der Waals surface area contributed by atoms with Crippen LogP contribution in [0.25, 0.3) is 10.8 Å². The lowest BCUT2D eigenvalue weighted by Gasteiger charge is -2.23. The average Bonchev–Trinajstić information content (AvgIpc) is 2.51. The molecule has 3 rings (SSSR count). The second-order valence-corrected chi connectivity index (χ2v) is 6.47. The molecule has 1 fully saturated rings. The fraction of sp³-hybridized carbons (Fsp3) is 0.500. The van der Waals surface area contributed by atoms with E-state index in [1.54, 1.807) is 0 Å². The molecule has 112 valence electrons. The highest BCUT2D eigenvalue weighted by atomic mass is 16.1. The minimum atomic E-state index is 0.154. The van der Waals surface area contributed by atoms with Gasteiger partial charge in [-0.1, -0.05) is 26.0 Å². The number of aromatic nitrogens is 1. The number of rotatable bonds is 3. The Balaban J connectivity index is 1.92. The first-order chi connectivity index (χ1) is 10.1. The van der Waals surface area contributed by atoms with Crippen LogP contribution < -0.4 is 10.9 Å². The molecule has 1 aliphatic rings. The third kappa shape index (κ3) is 3.03. The van der Waals surface area contributed by atoms with E-state index in [9.17, 15) is 4.79 Å². The van der Waals surface area contributed by atoms with E-state index in [1.807, 2.05) is 16.8 Å². The van der Waals surface area contributed by atoms with Crippen molar-refractivity contribution in [1.29, 1.82) is 0 Å².